The van der Waals surface area contributed by atoms with Crippen LogP contribution in [0.25, 0.3) is 0 Å². The first-order valence-corrected chi connectivity index (χ1v) is 7.58. The molecule has 1 aromatic heterocycles. The summed E-state index contributed by atoms with van der Waals surface area (Å²) in [6, 6.07) is 4.64. The molecule has 0 spiro atoms. The van der Waals surface area contributed by atoms with Crippen molar-refractivity contribution in [3.63, 3.8) is 0 Å². The molecule has 0 N–H and O–H groups in total. The van der Waals surface area contributed by atoms with E-state index in [4.69, 9.17) is 0 Å². The Kier molecular flexibility index (Phi) is 3.57. The third kappa shape index (κ3) is 2.48. The van der Waals surface area contributed by atoms with E-state index in [0.29, 0.717) is 10.2 Å². The van der Waals surface area contributed by atoms with Crippen LogP contribution < -0.4 is 4.90 Å². The van der Waals surface area contributed by atoms with Crippen LogP contribution in [0.2, 0.25) is 0 Å². The van der Waals surface area contributed by atoms with Crippen molar-refractivity contribution < 1.29 is 9.18 Å². The molecule has 110 valence electrons. The Bertz CT molecular complexity index is 713. The van der Waals surface area contributed by atoms with Crippen LogP contribution >= 0.6 is 15.9 Å². The second kappa shape index (κ2) is 5.26. The number of anilines is 1. The number of aromatic nitrogens is 2. The first-order valence-electron chi connectivity index (χ1n) is 6.78. The molecule has 0 aliphatic carbocycles. The number of aryl methyl sites for hydroxylation is 2. The van der Waals surface area contributed by atoms with Crippen LogP contribution in [0.5, 0.6) is 0 Å². The van der Waals surface area contributed by atoms with E-state index in [9.17, 15) is 9.18 Å². The Hall–Kier alpha value is -1.69. The SMILES string of the molecule is C[C@@H]1CCc2cc(F)ccc2N1C(=O)c1nn(C)cc1Br. The number of carbonyl (C=O) groups excluding carboxylic acids is 1. The van der Waals surface area contributed by atoms with Gasteiger partial charge < -0.3 is 4.90 Å². The molecule has 3 rings (SSSR count). The summed E-state index contributed by atoms with van der Waals surface area (Å²) in [6.07, 6.45) is 3.33. The average molecular weight is 352 g/mol. The summed E-state index contributed by atoms with van der Waals surface area (Å²) in [6.45, 7) is 2.00. The van der Waals surface area contributed by atoms with Crippen molar-refractivity contribution in [1.29, 1.82) is 0 Å². The van der Waals surface area contributed by atoms with E-state index in [2.05, 4.69) is 21.0 Å². The summed E-state index contributed by atoms with van der Waals surface area (Å²) in [5, 5.41) is 4.21. The fraction of sp³-hybridized carbons (Fsp3) is 0.333. The summed E-state index contributed by atoms with van der Waals surface area (Å²) in [5.74, 6) is -0.433. The highest BCUT2D eigenvalue weighted by atomic mass is 79.9. The van der Waals surface area contributed by atoms with Crippen molar-refractivity contribution in [3.8, 4) is 0 Å². The minimum atomic E-state index is -0.269. The largest absolute Gasteiger partial charge is 0.304 e. The maximum absolute atomic E-state index is 13.4. The van der Waals surface area contributed by atoms with E-state index in [0.717, 1.165) is 24.1 Å². The van der Waals surface area contributed by atoms with Crippen LogP contribution in [0.4, 0.5) is 10.1 Å². The number of fused-ring (bicyclic) bond motifs is 1. The molecule has 2 heterocycles. The number of benzene rings is 1. The second-order valence-corrected chi connectivity index (χ2v) is 6.19. The lowest BCUT2D eigenvalue weighted by Crippen LogP contribution is -2.42. The topological polar surface area (TPSA) is 38.1 Å². The summed E-state index contributed by atoms with van der Waals surface area (Å²) in [7, 11) is 1.77. The smallest absolute Gasteiger partial charge is 0.280 e. The minimum absolute atomic E-state index is 0.0596. The highest BCUT2D eigenvalue weighted by Gasteiger charge is 2.31. The zero-order chi connectivity index (χ0) is 15.1. The summed E-state index contributed by atoms with van der Waals surface area (Å²) >= 11 is 3.37. The lowest BCUT2D eigenvalue weighted by Gasteiger charge is -2.35. The van der Waals surface area contributed by atoms with Crippen molar-refractivity contribution in [2.45, 2.75) is 25.8 Å². The molecule has 0 fully saturated rings. The van der Waals surface area contributed by atoms with Gasteiger partial charge in [0.05, 0.1) is 4.47 Å². The van der Waals surface area contributed by atoms with Gasteiger partial charge in [0.15, 0.2) is 5.69 Å². The highest BCUT2D eigenvalue weighted by Crippen LogP contribution is 2.33. The van der Waals surface area contributed by atoms with E-state index in [1.807, 2.05) is 6.92 Å². The van der Waals surface area contributed by atoms with E-state index in [1.165, 1.54) is 12.1 Å². The van der Waals surface area contributed by atoms with Gasteiger partial charge in [-0.25, -0.2) is 4.39 Å². The van der Waals surface area contributed by atoms with Crippen molar-refractivity contribution in [3.05, 3.63) is 45.9 Å². The molecule has 6 heteroatoms. The molecule has 1 atom stereocenters. The van der Waals surface area contributed by atoms with Gasteiger partial charge in [0.25, 0.3) is 5.91 Å². The predicted octanol–water partition coefficient (Wildman–Crippen LogP) is 3.30. The number of carbonyl (C=O) groups is 1. The lowest BCUT2D eigenvalue weighted by atomic mass is 9.96. The quantitative estimate of drug-likeness (QED) is 0.790. The first kappa shape index (κ1) is 14.3. The Labute approximate surface area is 130 Å². The zero-order valence-corrected chi connectivity index (χ0v) is 13.4. The monoisotopic (exact) mass is 351 g/mol. The maximum atomic E-state index is 13.4. The molecular weight excluding hydrogens is 337 g/mol. The van der Waals surface area contributed by atoms with Gasteiger partial charge in [0.1, 0.15) is 5.82 Å². The number of hydrogen-bond donors (Lipinski definition) is 0. The van der Waals surface area contributed by atoms with E-state index >= 15 is 0 Å². The number of halogens is 2. The van der Waals surface area contributed by atoms with Crippen LogP contribution in [-0.4, -0.2) is 21.7 Å². The van der Waals surface area contributed by atoms with E-state index in [-0.39, 0.29) is 17.8 Å². The van der Waals surface area contributed by atoms with Gasteiger partial charge in [-0.1, -0.05) is 0 Å². The molecule has 1 aliphatic heterocycles. The summed E-state index contributed by atoms with van der Waals surface area (Å²) in [5.41, 5.74) is 2.02. The van der Waals surface area contributed by atoms with Gasteiger partial charge in [0.2, 0.25) is 0 Å². The van der Waals surface area contributed by atoms with E-state index < -0.39 is 0 Å². The van der Waals surface area contributed by atoms with Crippen LogP contribution in [0.3, 0.4) is 0 Å². The molecule has 0 bridgehead atoms. The molecule has 0 radical (unpaired) electrons. The standard InChI is InChI=1S/C15H15BrFN3O/c1-9-3-4-10-7-11(17)5-6-13(10)20(9)15(21)14-12(16)8-19(2)18-14/h5-9H,3-4H2,1-2H3/t9-/m1/s1. The molecule has 21 heavy (non-hydrogen) atoms. The lowest BCUT2D eigenvalue weighted by molar-refractivity contribution is 0.0969. The highest BCUT2D eigenvalue weighted by molar-refractivity contribution is 9.10. The van der Waals surface area contributed by atoms with Crippen LogP contribution in [0.1, 0.15) is 29.4 Å². The molecular formula is C15H15BrFN3O. The number of amides is 1. The number of rotatable bonds is 1. The Morgan fingerprint density at radius 2 is 2.24 bits per heavy atom. The van der Waals surface area contributed by atoms with Crippen molar-refractivity contribution in [2.24, 2.45) is 7.05 Å². The van der Waals surface area contributed by atoms with Crippen molar-refractivity contribution in [1.82, 2.24) is 9.78 Å². The zero-order valence-electron chi connectivity index (χ0n) is 11.8. The van der Waals surface area contributed by atoms with Gasteiger partial charge in [-0.15, -0.1) is 0 Å². The van der Waals surface area contributed by atoms with Crippen molar-refractivity contribution >= 4 is 27.5 Å². The first-order chi connectivity index (χ1) is 9.97. The summed E-state index contributed by atoms with van der Waals surface area (Å²) < 4.78 is 15.6. The number of hydrogen-bond acceptors (Lipinski definition) is 2. The van der Waals surface area contributed by atoms with Crippen LogP contribution in [0.15, 0.2) is 28.9 Å². The average Bonchev–Trinajstić information content (AvgIpc) is 2.77. The molecule has 4 nitrogen and oxygen atoms in total. The summed E-state index contributed by atoms with van der Waals surface area (Å²) in [4.78, 5) is 14.5. The van der Waals surface area contributed by atoms with Gasteiger partial charge in [-0.3, -0.25) is 9.48 Å². The van der Waals surface area contributed by atoms with Crippen molar-refractivity contribution in [2.75, 3.05) is 4.90 Å². The fourth-order valence-corrected chi connectivity index (χ4v) is 3.29. The van der Waals surface area contributed by atoms with Gasteiger partial charge in [-0.05, 0) is 59.5 Å². The third-order valence-electron chi connectivity index (χ3n) is 3.78. The molecule has 0 saturated heterocycles. The Morgan fingerprint density at radius 3 is 2.90 bits per heavy atom. The molecule has 1 amide bonds. The second-order valence-electron chi connectivity index (χ2n) is 5.34. The number of nitrogens with zero attached hydrogens (tertiary/aromatic N) is 3. The third-order valence-corrected chi connectivity index (χ3v) is 4.36. The van der Waals surface area contributed by atoms with Crippen LogP contribution in [-0.2, 0) is 13.5 Å². The molecule has 1 aliphatic rings. The van der Waals surface area contributed by atoms with Gasteiger partial charge >= 0.3 is 0 Å². The van der Waals surface area contributed by atoms with E-state index in [1.54, 1.807) is 28.9 Å². The maximum Gasteiger partial charge on any atom is 0.280 e. The Balaban J connectivity index is 2.05. The normalized spacial score (nSPS) is 17.7. The fourth-order valence-electron chi connectivity index (χ4n) is 2.75. The molecule has 0 unspecified atom stereocenters. The molecule has 0 saturated carbocycles. The minimum Gasteiger partial charge on any atom is -0.304 e. The van der Waals surface area contributed by atoms with Gasteiger partial charge in [-0.2, -0.15) is 5.10 Å². The molecule has 1 aromatic carbocycles. The van der Waals surface area contributed by atoms with Crippen LogP contribution in [0, 0.1) is 5.82 Å². The van der Waals surface area contributed by atoms with Gasteiger partial charge in [0, 0.05) is 25.0 Å². The predicted molar refractivity (Wildman–Crippen MR) is 81.9 cm³/mol. The Morgan fingerprint density at radius 1 is 1.48 bits per heavy atom. The molecule has 2 aromatic rings.